The molecule has 0 fully saturated rings. The number of urea groups is 1. The molecule has 0 saturated heterocycles. The highest BCUT2D eigenvalue weighted by Crippen LogP contribution is 2.32. The van der Waals surface area contributed by atoms with Crippen LogP contribution in [0, 0.1) is 5.53 Å². The van der Waals surface area contributed by atoms with Gasteiger partial charge in [0.1, 0.15) is 12.1 Å². The van der Waals surface area contributed by atoms with Crippen LogP contribution in [0.15, 0.2) is 60.0 Å². The fourth-order valence-corrected chi connectivity index (χ4v) is 2.47. The molecule has 0 atom stereocenters. The Morgan fingerprint density at radius 1 is 1.00 bits per heavy atom. The first-order chi connectivity index (χ1) is 15.1. The van der Waals surface area contributed by atoms with Crippen LogP contribution < -0.4 is 21.1 Å². The number of benzene rings is 2. The highest BCUT2D eigenvalue weighted by molar-refractivity contribution is 6.01. The fraction of sp³-hybridized carbons (Fsp3) is 0.0526. The molecule has 10 nitrogen and oxygen atoms in total. The van der Waals surface area contributed by atoms with Crippen molar-refractivity contribution in [3.8, 4) is 11.6 Å². The maximum absolute atomic E-state index is 13.0. The van der Waals surface area contributed by atoms with Gasteiger partial charge in [-0.15, -0.1) is 5.11 Å². The van der Waals surface area contributed by atoms with Gasteiger partial charge >= 0.3 is 12.2 Å². The van der Waals surface area contributed by atoms with Crippen molar-refractivity contribution in [1.82, 2.24) is 9.97 Å². The van der Waals surface area contributed by atoms with E-state index in [2.05, 4.69) is 25.7 Å². The van der Waals surface area contributed by atoms with Crippen LogP contribution in [0.25, 0.3) is 0 Å². The van der Waals surface area contributed by atoms with Crippen LogP contribution in [-0.2, 0) is 6.18 Å². The average molecular weight is 445 g/mol. The Morgan fingerprint density at radius 3 is 2.31 bits per heavy atom. The van der Waals surface area contributed by atoms with E-state index in [0.717, 1.165) is 6.07 Å². The van der Waals surface area contributed by atoms with E-state index in [-0.39, 0.29) is 17.4 Å². The second-order valence-corrected chi connectivity index (χ2v) is 6.19. The number of anilines is 2. The Labute approximate surface area is 178 Å². The molecule has 32 heavy (non-hydrogen) atoms. The minimum Gasteiger partial charge on any atom is -0.439 e. The Morgan fingerprint density at radius 2 is 1.69 bits per heavy atom. The topological polar surface area (TPSA) is 155 Å². The smallest absolute Gasteiger partial charge is 0.416 e. The number of amides is 3. The zero-order valence-electron chi connectivity index (χ0n) is 16.0. The molecule has 164 valence electrons. The summed E-state index contributed by atoms with van der Waals surface area (Å²) in [7, 11) is 0. The summed E-state index contributed by atoms with van der Waals surface area (Å²) in [4.78, 5) is 31.1. The summed E-state index contributed by atoms with van der Waals surface area (Å²) < 4.78 is 44.5. The van der Waals surface area contributed by atoms with E-state index < -0.39 is 29.2 Å². The van der Waals surface area contributed by atoms with Gasteiger partial charge < -0.3 is 21.1 Å². The summed E-state index contributed by atoms with van der Waals surface area (Å²) in [6.45, 7) is 0. The number of primary amides is 1. The molecule has 0 saturated carbocycles. The van der Waals surface area contributed by atoms with Crippen LogP contribution in [0.1, 0.15) is 15.9 Å². The fourth-order valence-electron chi connectivity index (χ4n) is 2.47. The molecule has 3 rings (SSSR count). The first-order valence-corrected chi connectivity index (χ1v) is 8.71. The lowest BCUT2D eigenvalue weighted by atomic mass is 10.1. The molecule has 1 heterocycles. The van der Waals surface area contributed by atoms with Crippen molar-refractivity contribution in [3.63, 3.8) is 0 Å². The van der Waals surface area contributed by atoms with Gasteiger partial charge in [-0.1, -0.05) is 0 Å². The molecule has 2 aromatic carbocycles. The Kier molecular flexibility index (Phi) is 6.28. The Hall–Kier alpha value is -4.55. The van der Waals surface area contributed by atoms with Gasteiger partial charge in [-0.3, -0.25) is 4.79 Å². The second-order valence-electron chi connectivity index (χ2n) is 6.19. The van der Waals surface area contributed by atoms with E-state index in [1.807, 2.05) is 0 Å². The second kappa shape index (κ2) is 9.07. The van der Waals surface area contributed by atoms with Crippen LogP contribution in [0.4, 0.5) is 35.2 Å². The third kappa shape index (κ3) is 5.75. The summed E-state index contributed by atoms with van der Waals surface area (Å²) in [6, 6.07) is 8.79. The zero-order valence-corrected chi connectivity index (χ0v) is 16.0. The molecule has 0 aliphatic carbocycles. The van der Waals surface area contributed by atoms with Crippen LogP contribution >= 0.6 is 0 Å². The SMILES string of the molecule is N=Nc1cc(Oc2ccc(NC(=O)Nc3cc(C(N)=O)cc(C(F)(F)F)c3)cc2)ncn1. The van der Waals surface area contributed by atoms with Gasteiger partial charge in [0, 0.05) is 23.0 Å². The predicted octanol–water partition coefficient (Wildman–Crippen LogP) is 4.69. The van der Waals surface area contributed by atoms with E-state index in [1.54, 1.807) is 0 Å². The van der Waals surface area contributed by atoms with Crippen molar-refractivity contribution in [2.24, 2.45) is 10.8 Å². The quantitative estimate of drug-likeness (QED) is 0.405. The Balaban J connectivity index is 1.68. The molecular formula is C19H14F3N7O3. The normalized spacial score (nSPS) is 10.8. The molecular weight excluding hydrogens is 431 g/mol. The molecule has 0 aliphatic heterocycles. The number of ether oxygens (including phenoxy) is 1. The highest BCUT2D eigenvalue weighted by Gasteiger charge is 2.31. The number of alkyl halides is 3. The Bertz CT molecular complexity index is 1170. The third-order valence-corrected chi connectivity index (χ3v) is 3.88. The maximum Gasteiger partial charge on any atom is 0.416 e. The molecule has 0 aliphatic rings. The minimum absolute atomic E-state index is 0.110. The third-order valence-electron chi connectivity index (χ3n) is 3.88. The van der Waals surface area contributed by atoms with Gasteiger partial charge in [-0.05, 0) is 42.5 Å². The summed E-state index contributed by atoms with van der Waals surface area (Å²) in [5, 5.41) is 7.83. The first kappa shape index (κ1) is 22.1. The summed E-state index contributed by atoms with van der Waals surface area (Å²) in [5.41, 5.74) is 10.5. The molecule has 3 aromatic rings. The van der Waals surface area contributed by atoms with E-state index in [9.17, 15) is 22.8 Å². The molecule has 0 spiro atoms. The number of hydrogen-bond acceptors (Lipinski definition) is 7. The number of nitrogens with one attached hydrogen (secondary N) is 3. The summed E-state index contributed by atoms with van der Waals surface area (Å²) >= 11 is 0. The van der Waals surface area contributed by atoms with Gasteiger partial charge in [-0.25, -0.2) is 20.3 Å². The van der Waals surface area contributed by atoms with Crippen LogP contribution in [0.2, 0.25) is 0 Å². The van der Waals surface area contributed by atoms with Crippen LogP contribution in [0.5, 0.6) is 11.6 Å². The zero-order chi connectivity index (χ0) is 23.3. The minimum atomic E-state index is -4.73. The van der Waals surface area contributed by atoms with Crippen LogP contribution in [-0.4, -0.2) is 21.9 Å². The predicted molar refractivity (Wildman–Crippen MR) is 106 cm³/mol. The highest BCUT2D eigenvalue weighted by atomic mass is 19.4. The van der Waals surface area contributed by atoms with E-state index in [4.69, 9.17) is 16.0 Å². The van der Waals surface area contributed by atoms with Crippen molar-refractivity contribution >= 4 is 29.1 Å². The number of aromatic nitrogens is 2. The summed E-state index contributed by atoms with van der Waals surface area (Å²) in [6.07, 6.45) is -3.55. The average Bonchev–Trinajstić information content (AvgIpc) is 2.74. The van der Waals surface area contributed by atoms with Crippen LogP contribution in [0.3, 0.4) is 0 Å². The number of carbonyl (C=O) groups is 2. The van der Waals surface area contributed by atoms with Gasteiger partial charge in [0.2, 0.25) is 11.8 Å². The first-order valence-electron chi connectivity index (χ1n) is 8.71. The van der Waals surface area contributed by atoms with Crippen molar-refractivity contribution in [1.29, 1.82) is 5.53 Å². The summed E-state index contributed by atoms with van der Waals surface area (Å²) in [5.74, 6) is -0.449. The van der Waals surface area contributed by atoms with Gasteiger partial charge in [0.15, 0.2) is 5.82 Å². The molecule has 1 aromatic heterocycles. The molecule has 0 unspecified atom stereocenters. The number of rotatable bonds is 6. The monoisotopic (exact) mass is 445 g/mol. The number of nitrogens with two attached hydrogens (primary N) is 1. The van der Waals surface area contributed by atoms with E-state index in [1.165, 1.54) is 36.7 Å². The lowest BCUT2D eigenvalue weighted by Crippen LogP contribution is -2.21. The molecule has 13 heteroatoms. The lowest BCUT2D eigenvalue weighted by Gasteiger charge is -2.13. The standard InChI is InChI=1S/C19H14F3N7O3/c20-19(21,22)11-5-10(17(23)30)6-13(7-11)28-18(31)27-12-1-3-14(4-2-12)32-16-8-15(29-24)25-9-26-16/h1-9,24H,(H2,23,30)(H2,27,28,31). The van der Waals surface area contributed by atoms with E-state index >= 15 is 0 Å². The number of carbonyl (C=O) groups excluding carboxylic acids is 2. The van der Waals surface area contributed by atoms with Gasteiger partial charge in [0.05, 0.1) is 5.56 Å². The number of hydrogen-bond donors (Lipinski definition) is 4. The van der Waals surface area contributed by atoms with Gasteiger partial charge in [0.25, 0.3) is 0 Å². The van der Waals surface area contributed by atoms with E-state index in [0.29, 0.717) is 23.6 Å². The molecule has 5 N–H and O–H groups in total. The van der Waals surface area contributed by atoms with Crippen molar-refractivity contribution in [3.05, 3.63) is 66.0 Å². The largest absolute Gasteiger partial charge is 0.439 e. The van der Waals surface area contributed by atoms with Gasteiger partial charge in [-0.2, -0.15) is 13.2 Å². The van der Waals surface area contributed by atoms with Crippen molar-refractivity contribution in [2.45, 2.75) is 6.18 Å². The lowest BCUT2D eigenvalue weighted by molar-refractivity contribution is -0.137. The molecule has 0 radical (unpaired) electrons. The maximum atomic E-state index is 13.0. The van der Waals surface area contributed by atoms with Crippen molar-refractivity contribution < 1.29 is 27.5 Å². The molecule has 3 amide bonds. The number of nitrogens with zero attached hydrogens (tertiary/aromatic N) is 3. The van der Waals surface area contributed by atoms with Crippen molar-refractivity contribution in [2.75, 3.05) is 10.6 Å². The number of halogens is 3. The molecule has 0 bridgehead atoms.